The van der Waals surface area contributed by atoms with Gasteiger partial charge in [-0.1, -0.05) is 18.2 Å². The Hall–Kier alpha value is -3.48. The molecule has 0 aliphatic heterocycles. The van der Waals surface area contributed by atoms with Gasteiger partial charge in [-0.05, 0) is 29.8 Å². The quantitative estimate of drug-likeness (QED) is 0.529. The van der Waals surface area contributed by atoms with Gasteiger partial charge >= 0.3 is 17.6 Å². The van der Waals surface area contributed by atoms with E-state index in [0.717, 1.165) is 7.11 Å². The summed E-state index contributed by atoms with van der Waals surface area (Å²) in [4.78, 5) is 36.5. The van der Waals surface area contributed by atoms with Gasteiger partial charge in [-0.15, -0.1) is 0 Å². The number of benzene rings is 2. The Morgan fingerprint density at radius 3 is 2.23 bits per heavy atom. The Morgan fingerprint density at radius 1 is 0.962 bits per heavy atom. The van der Waals surface area contributed by atoms with Crippen LogP contribution in [0.15, 0.2) is 51.7 Å². The van der Waals surface area contributed by atoms with Crippen molar-refractivity contribution in [2.24, 2.45) is 0 Å². The van der Waals surface area contributed by atoms with E-state index in [-0.39, 0.29) is 22.3 Å². The van der Waals surface area contributed by atoms with Gasteiger partial charge < -0.3 is 13.9 Å². The third-order valence-corrected chi connectivity index (χ3v) is 3.85. The Kier molecular flexibility index (Phi) is 4.53. The molecule has 132 valence electrons. The highest BCUT2D eigenvalue weighted by molar-refractivity contribution is 6.11. The molecule has 0 fully saturated rings. The monoisotopic (exact) mass is 356 g/mol. The molecule has 3 aromatic rings. The molecule has 0 aliphatic rings. The minimum atomic E-state index is -0.839. The topological polar surface area (TPSA) is 82.8 Å². The van der Waals surface area contributed by atoms with Crippen LogP contribution in [0.2, 0.25) is 0 Å². The summed E-state index contributed by atoms with van der Waals surface area (Å²) in [5.74, 6) is -2.04. The number of hydrogen-bond acceptors (Lipinski definition) is 6. The average molecular weight is 356 g/mol. The lowest BCUT2D eigenvalue weighted by Gasteiger charge is -2.10. The molecule has 26 heavy (non-hydrogen) atoms. The van der Waals surface area contributed by atoms with Crippen molar-refractivity contribution in [1.29, 1.82) is 0 Å². The number of ether oxygens (including phenoxy) is 2. The van der Waals surface area contributed by atoms with Crippen LogP contribution in [0, 0.1) is 5.82 Å². The van der Waals surface area contributed by atoms with Gasteiger partial charge in [-0.2, -0.15) is 0 Å². The van der Waals surface area contributed by atoms with Gasteiger partial charge in [0.15, 0.2) is 5.58 Å². The first-order chi connectivity index (χ1) is 12.5. The van der Waals surface area contributed by atoms with E-state index in [2.05, 4.69) is 4.74 Å². The zero-order chi connectivity index (χ0) is 18.8. The molecule has 0 atom stereocenters. The number of fused-ring (bicyclic) bond motifs is 1. The highest BCUT2D eigenvalue weighted by Crippen LogP contribution is 2.27. The molecule has 7 heteroatoms. The van der Waals surface area contributed by atoms with Crippen LogP contribution in [-0.4, -0.2) is 26.2 Å². The number of esters is 2. The molecule has 0 aliphatic carbocycles. The fraction of sp³-hybridized carbons (Fsp3) is 0.105. The van der Waals surface area contributed by atoms with Crippen molar-refractivity contribution in [3.8, 4) is 11.1 Å². The Balaban J connectivity index is 2.30. The van der Waals surface area contributed by atoms with Crippen LogP contribution in [0.4, 0.5) is 4.39 Å². The zero-order valence-electron chi connectivity index (χ0n) is 13.9. The van der Waals surface area contributed by atoms with Crippen LogP contribution >= 0.6 is 0 Å². The molecule has 0 spiro atoms. The maximum absolute atomic E-state index is 13.1. The molecular weight excluding hydrogens is 343 g/mol. The van der Waals surface area contributed by atoms with E-state index < -0.39 is 23.4 Å². The van der Waals surface area contributed by atoms with E-state index in [0.29, 0.717) is 10.9 Å². The number of carbonyl (C=O) groups excluding carboxylic acids is 2. The largest absolute Gasteiger partial charge is 0.465 e. The van der Waals surface area contributed by atoms with Crippen LogP contribution in [0.25, 0.3) is 22.1 Å². The fourth-order valence-electron chi connectivity index (χ4n) is 2.60. The lowest BCUT2D eigenvalue weighted by Crippen LogP contribution is -2.14. The summed E-state index contributed by atoms with van der Waals surface area (Å²) in [7, 11) is 2.31. The fourth-order valence-corrected chi connectivity index (χ4v) is 2.60. The number of carbonyl (C=O) groups is 2. The molecule has 1 heterocycles. The highest BCUT2D eigenvalue weighted by Gasteiger charge is 2.24. The summed E-state index contributed by atoms with van der Waals surface area (Å²) < 4.78 is 27.8. The molecule has 0 unspecified atom stereocenters. The van der Waals surface area contributed by atoms with Gasteiger partial charge in [0.2, 0.25) is 0 Å². The summed E-state index contributed by atoms with van der Waals surface area (Å²) in [5.41, 5.74) is -0.450. The molecule has 3 rings (SSSR count). The number of halogens is 1. The third-order valence-electron chi connectivity index (χ3n) is 3.85. The van der Waals surface area contributed by atoms with E-state index >= 15 is 0 Å². The number of methoxy groups -OCH3 is 2. The van der Waals surface area contributed by atoms with Gasteiger partial charge in [0.25, 0.3) is 0 Å². The molecule has 0 bridgehead atoms. The average Bonchev–Trinajstić information content (AvgIpc) is 2.66. The molecule has 6 nitrogen and oxygen atoms in total. The number of rotatable bonds is 3. The van der Waals surface area contributed by atoms with Crippen molar-refractivity contribution in [2.45, 2.75) is 0 Å². The first kappa shape index (κ1) is 17.3. The SMILES string of the molecule is COC(=O)c1ccc2cc(-c3ccc(F)cc3)c(=O)oc2c1C(=O)OC. The van der Waals surface area contributed by atoms with E-state index in [1.165, 1.54) is 49.6 Å². The van der Waals surface area contributed by atoms with E-state index in [4.69, 9.17) is 9.15 Å². The molecule has 2 aromatic carbocycles. The normalized spacial score (nSPS) is 10.6. The van der Waals surface area contributed by atoms with Crippen LogP contribution in [0.5, 0.6) is 0 Å². The van der Waals surface area contributed by atoms with E-state index in [1.54, 1.807) is 0 Å². The minimum Gasteiger partial charge on any atom is -0.465 e. The van der Waals surface area contributed by atoms with E-state index in [1.807, 2.05) is 0 Å². The van der Waals surface area contributed by atoms with Crippen LogP contribution in [0.3, 0.4) is 0 Å². The minimum absolute atomic E-state index is 0.0791. The van der Waals surface area contributed by atoms with Gasteiger partial charge in [-0.25, -0.2) is 18.8 Å². The molecule has 0 saturated heterocycles. The van der Waals surface area contributed by atoms with Crippen molar-refractivity contribution < 1.29 is 27.9 Å². The molecule has 0 N–H and O–H groups in total. The molecular formula is C19H13FO6. The molecule has 1 aromatic heterocycles. The summed E-state index contributed by atoms with van der Waals surface area (Å²) in [6.07, 6.45) is 0. The summed E-state index contributed by atoms with van der Waals surface area (Å²) in [6.45, 7) is 0. The summed E-state index contributed by atoms with van der Waals surface area (Å²) in [6, 6.07) is 9.73. The molecule has 0 saturated carbocycles. The van der Waals surface area contributed by atoms with Crippen molar-refractivity contribution in [1.82, 2.24) is 0 Å². The maximum Gasteiger partial charge on any atom is 0.344 e. The van der Waals surface area contributed by atoms with Gasteiger partial charge in [0.1, 0.15) is 11.4 Å². The molecule has 0 amide bonds. The Labute approximate surface area is 146 Å². The lowest BCUT2D eigenvalue weighted by molar-refractivity contribution is 0.0556. The van der Waals surface area contributed by atoms with Crippen LogP contribution in [-0.2, 0) is 9.47 Å². The lowest BCUT2D eigenvalue weighted by atomic mass is 10.0. The zero-order valence-corrected chi connectivity index (χ0v) is 13.9. The predicted octanol–water partition coefficient (Wildman–Crippen LogP) is 3.17. The second-order valence-corrected chi connectivity index (χ2v) is 5.34. The van der Waals surface area contributed by atoms with Crippen LogP contribution < -0.4 is 5.63 Å². The highest BCUT2D eigenvalue weighted by atomic mass is 19.1. The van der Waals surface area contributed by atoms with Crippen molar-refractivity contribution in [2.75, 3.05) is 14.2 Å². The second kappa shape index (κ2) is 6.79. The predicted molar refractivity (Wildman–Crippen MR) is 90.6 cm³/mol. The van der Waals surface area contributed by atoms with Gasteiger partial charge in [0.05, 0.1) is 25.3 Å². The molecule has 0 radical (unpaired) electrons. The van der Waals surface area contributed by atoms with Crippen molar-refractivity contribution in [3.05, 3.63) is 69.8 Å². The third kappa shape index (κ3) is 2.95. The van der Waals surface area contributed by atoms with Gasteiger partial charge in [-0.3, -0.25) is 0 Å². The van der Waals surface area contributed by atoms with Crippen molar-refractivity contribution >= 4 is 22.9 Å². The van der Waals surface area contributed by atoms with Crippen molar-refractivity contribution in [3.63, 3.8) is 0 Å². The van der Waals surface area contributed by atoms with Gasteiger partial charge in [0, 0.05) is 5.39 Å². The maximum atomic E-state index is 13.1. The Bertz CT molecular complexity index is 1070. The Morgan fingerprint density at radius 2 is 1.62 bits per heavy atom. The van der Waals surface area contributed by atoms with E-state index in [9.17, 15) is 18.8 Å². The standard InChI is InChI=1S/C19H13FO6/c1-24-17(21)13-8-5-11-9-14(10-3-6-12(20)7-4-10)18(22)26-16(11)15(13)19(23)25-2/h3-9H,1-2H3. The van der Waals surface area contributed by atoms with Crippen LogP contribution in [0.1, 0.15) is 20.7 Å². The summed E-state index contributed by atoms with van der Waals surface area (Å²) in [5, 5.41) is 0.400. The second-order valence-electron chi connectivity index (χ2n) is 5.34. The summed E-state index contributed by atoms with van der Waals surface area (Å²) >= 11 is 0. The first-order valence-corrected chi connectivity index (χ1v) is 7.49. The smallest absolute Gasteiger partial charge is 0.344 e. The number of hydrogen-bond donors (Lipinski definition) is 0. The first-order valence-electron chi connectivity index (χ1n) is 7.49.